The molecule has 3 nitrogen and oxygen atoms in total. The standard InChI is InChI=1S/C14H12BrClN2O/c1-8-5-6-12(9(15)7-8)18-14(19)13-10(16)3-2-4-11(13)17/h2-7H,17H2,1H3,(H,18,19). The van der Waals surface area contributed by atoms with E-state index < -0.39 is 0 Å². The van der Waals surface area contributed by atoms with Crippen LogP contribution in [0.4, 0.5) is 11.4 Å². The molecule has 0 aliphatic rings. The largest absolute Gasteiger partial charge is 0.398 e. The van der Waals surface area contributed by atoms with Crippen molar-refractivity contribution in [2.24, 2.45) is 0 Å². The number of amides is 1. The van der Waals surface area contributed by atoms with Gasteiger partial charge >= 0.3 is 0 Å². The molecule has 0 bridgehead atoms. The topological polar surface area (TPSA) is 55.1 Å². The van der Waals surface area contributed by atoms with Gasteiger partial charge in [-0.1, -0.05) is 23.7 Å². The van der Waals surface area contributed by atoms with Gasteiger partial charge in [0.1, 0.15) is 0 Å². The van der Waals surface area contributed by atoms with E-state index in [0.717, 1.165) is 10.0 Å². The number of halogens is 2. The Bertz CT molecular complexity index is 623. The molecule has 0 atom stereocenters. The van der Waals surface area contributed by atoms with Crippen LogP contribution in [0.25, 0.3) is 0 Å². The first-order valence-corrected chi connectivity index (χ1v) is 6.77. The maximum absolute atomic E-state index is 12.2. The van der Waals surface area contributed by atoms with Crippen molar-refractivity contribution in [2.45, 2.75) is 6.92 Å². The van der Waals surface area contributed by atoms with Crippen molar-refractivity contribution in [3.63, 3.8) is 0 Å². The van der Waals surface area contributed by atoms with Crippen LogP contribution in [0.15, 0.2) is 40.9 Å². The number of rotatable bonds is 2. The number of aryl methyl sites for hydroxylation is 1. The van der Waals surface area contributed by atoms with Crippen LogP contribution < -0.4 is 11.1 Å². The summed E-state index contributed by atoms with van der Waals surface area (Å²) in [5.41, 5.74) is 8.20. The van der Waals surface area contributed by atoms with Crippen LogP contribution in [-0.4, -0.2) is 5.91 Å². The number of anilines is 2. The molecule has 19 heavy (non-hydrogen) atoms. The molecular formula is C14H12BrClN2O. The number of nitrogens with one attached hydrogen (secondary N) is 1. The summed E-state index contributed by atoms with van der Waals surface area (Å²) in [5, 5.41) is 3.12. The molecule has 0 aliphatic carbocycles. The van der Waals surface area contributed by atoms with Gasteiger partial charge < -0.3 is 11.1 Å². The Kier molecular flexibility index (Phi) is 4.12. The molecule has 0 spiro atoms. The highest BCUT2D eigenvalue weighted by molar-refractivity contribution is 9.10. The zero-order chi connectivity index (χ0) is 14.0. The molecule has 98 valence electrons. The number of benzene rings is 2. The SMILES string of the molecule is Cc1ccc(NC(=O)c2c(N)cccc2Cl)c(Br)c1. The smallest absolute Gasteiger partial charge is 0.259 e. The van der Waals surface area contributed by atoms with Gasteiger partial charge in [0, 0.05) is 10.2 Å². The predicted molar refractivity (Wildman–Crippen MR) is 82.7 cm³/mol. The van der Waals surface area contributed by atoms with Crippen molar-refractivity contribution in [3.05, 3.63) is 57.0 Å². The van der Waals surface area contributed by atoms with E-state index in [-0.39, 0.29) is 11.5 Å². The number of carbonyl (C=O) groups is 1. The molecular weight excluding hydrogens is 328 g/mol. The fourth-order valence-electron chi connectivity index (χ4n) is 1.69. The van der Waals surface area contributed by atoms with Crippen molar-refractivity contribution in [1.29, 1.82) is 0 Å². The van der Waals surface area contributed by atoms with E-state index in [1.54, 1.807) is 18.2 Å². The summed E-state index contributed by atoms with van der Waals surface area (Å²) in [5.74, 6) is -0.326. The van der Waals surface area contributed by atoms with Crippen LogP contribution in [-0.2, 0) is 0 Å². The molecule has 0 fully saturated rings. The molecule has 0 heterocycles. The Morgan fingerprint density at radius 3 is 2.68 bits per heavy atom. The van der Waals surface area contributed by atoms with Crippen LogP contribution in [0.2, 0.25) is 5.02 Å². The first-order chi connectivity index (χ1) is 8.99. The molecule has 2 rings (SSSR count). The second-order valence-electron chi connectivity index (χ2n) is 4.14. The molecule has 0 saturated carbocycles. The second-order valence-corrected chi connectivity index (χ2v) is 5.40. The fraction of sp³-hybridized carbons (Fsp3) is 0.0714. The third-order valence-corrected chi connectivity index (χ3v) is 3.62. The highest BCUT2D eigenvalue weighted by Gasteiger charge is 2.14. The Labute approximate surface area is 124 Å². The average molecular weight is 340 g/mol. The lowest BCUT2D eigenvalue weighted by molar-refractivity contribution is 0.102. The molecule has 5 heteroatoms. The Balaban J connectivity index is 2.31. The number of carbonyl (C=O) groups excluding carboxylic acids is 1. The molecule has 3 N–H and O–H groups in total. The minimum Gasteiger partial charge on any atom is -0.398 e. The first-order valence-electron chi connectivity index (χ1n) is 5.60. The monoisotopic (exact) mass is 338 g/mol. The van der Waals surface area contributed by atoms with Gasteiger partial charge in [-0.2, -0.15) is 0 Å². The van der Waals surface area contributed by atoms with Crippen molar-refractivity contribution in [2.75, 3.05) is 11.1 Å². The number of nitrogen functional groups attached to an aromatic ring is 1. The summed E-state index contributed by atoms with van der Waals surface area (Å²) in [6.45, 7) is 1.97. The Morgan fingerprint density at radius 1 is 1.32 bits per heavy atom. The van der Waals surface area contributed by atoms with E-state index >= 15 is 0 Å². The summed E-state index contributed by atoms with van der Waals surface area (Å²) in [4.78, 5) is 12.2. The molecule has 1 amide bonds. The van der Waals surface area contributed by atoms with Crippen LogP contribution in [0.3, 0.4) is 0 Å². The van der Waals surface area contributed by atoms with Gasteiger partial charge in [-0.05, 0) is 52.7 Å². The zero-order valence-electron chi connectivity index (χ0n) is 10.2. The second kappa shape index (κ2) is 5.63. The van der Waals surface area contributed by atoms with Crippen molar-refractivity contribution >= 4 is 44.8 Å². The van der Waals surface area contributed by atoms with E-state index in [1.807, 2.05) is 25.1 Å². The van der Waals surface area contributed by atoms with Gasteiger partial charge in [-0.25, -0.2) is 0 Å². The van der Waals surface area contributed by atoms with Gasteiger partial charge in [-0.15, -0.1) is 0 Å². The third-order valence-electron chi connectivity index (χ3n) is 2.65. The summed E-state index contributed by atoms with van der Waals surface area (Å²) in [7, 11) is 0. The van der Waals surface area contributed by atoms with Gasteiger partial charge in [0.05, 0.1) is 16.3 Å². The van der Waals surface area contributed by atoms with E-state index in [4.69, 9.17) is 17.3 Å². The highest BCUT2D eigenvalue weighted by Crippen LogP contribution is 2.27. The molecule has 2 aromatic carbocycles. The highest BCUT2D eigenvalue weighted by atomic mass is 79.9. The maximum atomic E-state index is 12.2. The van der Waals surface area contributed by atoms with Crippen LogP contribution in [0.5, 0.6) is 0 Å². The summed E-state index contributed by atoms with van der Waals surface area (Å²) in [6.07, 6.45) is 0. The van der Waals surface area contributed by atoms with Crippen molar-refractivity contribution in [3.8, 4) is 0 Å². The number of hydrogen-bond donors (Lipinski definition) is 2. The summed E-state index contributed by atoms with van der Waals surface area (Å²) >= 11 is 9.41. The molecule has 0 unspecified atom stereocenters. The van der Waals surface area contributed by atoms with Crippen molar-refractivity contribution in [1.82, 2.24) is 0 Å². The van der Waals surface area contributed by atoms with Gasteiger partial charge in [-0.3, -0.25) is 4.79 Å². The molecule has 0 radical (unpaired) electrons. The minimum atomic E-state index is -0.326. The lowest BCUT2D eigenvalue weighted by atomic mass is 10.1. The average Bonchev–Trinajstić information content (AvgIpc) is 2.32. The third kappa shape index (κ3) is 3.08. The van der Waals surface area contributed by atoms with E-state index in [1.165, 1.54) is 0 Å². The predicted octanol–water partition coefficient (Wildman–Crippen LogP) is 4.25. The quantitative estimate of drug-likeness (QED) is 0.804. The van der Waals surface area contributed by atoms with Gasteiger partial charge in [0.25, 0.3) is 5.91 Å². The number of hydrogen-bond acceptors (Lipinski definition) is 2. The number of nitrogens with two attached hydrogens (primary N) is 1. The first kappa shape index (κ1) is 13.9. The van der Waals surface area contributed by atoms with E-state index in [2.05, 4.69) is 21.2 Å². The Morgan fingerprint density at radius 2 is 2.05 bits per heavy atom. The van der Waals surface area contributed by atoms with Crippen LogP contribution >= 0.6 is 27.5 Å². The normalized spacial score (nSPS) is 10.3. The molecule has 0 saturated heterocycles. The summed E-state index contributed by atoms with van der Waals surface area (Å²) < 4.78 is 0.812. The lowest BCUT2D eigenvalue weighted by Gasteiger charge is -2.10. The van der Waals surface area contributed by atoms with E-state index in [0.29, 0.717) is 16.4 Å². The Hall–Kier alpha value is -1.52. The fourth-order valence-corrected chi connectivity index (χ4v) is 2.55. The molecule has 0 aromatic heterocycles. The van der Waals surface area contributed by atoms with Crippen LogP contribution in [0, 0.1) is 6.92 Å². The molecule has 2 aromatic rings. The van der Waals surface area contributed by atoms with Crippen molar-refractivity contribution < 1.29 is 4.79 Å². The van der Waals surface area contributed by atoms with Crippen LogP contribution in [0.1, 0.15) is 15.9 Å². The summed E-state index contributed by atoms with van der Waals surface area (Å²) in [6, 6.07) is 10.6. The lowest BCUT2D eigenvalue weighted by Crippen LogP contribution is -2.15. The van der Waals surface area contributed by atoms with Gasteiger partial charge in [0.15, 0.2) is 0 Å². The molecule has 0 aliphatic heterocycles. The van der Waals surface area contributed by atoms with Gasteiger partial charge in [0.2, 0.25) is 0 Å². The zero-order valence-corrected chi connectivity index (χ0v) is 12.5. The van der Waals surface area contributed by atoms with E-state index in [9.17, 15) is 4.79 Å². The minimum absolute atomic E-state index is 0.289. The maximum Gasteiger partial charge on any atom is 0.259 e.